The van der Waals surface area contributed by atoms with Gasteiger partial charge in [0.1, 0.15) is 13.2 Å². The van der Waals surface area contributed by atoms with Gasteiger partial charge in [-0.05, 0) is 43.2 Å². The van der Waals surface area contributed by atoms with Gasteiger partial charge in [0.05, 0.1) is 5.25 Å². The second kappa shape index (κ2) is 10.2. The standard InChI is InChI=1S/C22H26N2O4S/c1-3-6-21(25)23-15-7-5-8-17(13-15)29-20(4-2)22(26)24-16-9-10-18-19(14-16)28-12-11-27-18/h5,7-10,13-14,20H,3-4,6,11-12H2,1-2H3,(H,23,25)(H,24,26). The number of rotatable bonds is 8. The molecule has 0 aliphatic carbocycles. The van der Waals surface area contributed by atoms with Gasteiger partial charge < -0.3 is 20.1 Å². The zero-order chi connectivity index (χ0) is 20.6. The van der Waals surface area contributed by atoms with E-state index >= 15 is 0 Å². The highest BCUT2D eigenvalue weighted by Crippen LogP contribution is 2.33. The van der Waals surface area contributed by atoms with Gasteiger partial charge >= 0.3 is 0 Å². The molecule has 2 aromatic carbocycles. The number of benzene rings is 2. The lowest BCUT2D eigenvalue weighted by atomic mass is 10.2. The zero-order valence-corrected chi connectivity index (χ0v) is 17.5. The highest BCUT2D eigenvalue weighted by atomic mass is 32.2. The van der Waals surface area contributed by atoms with Crippen LogP contribution in [0.4, 0.5) is 11.4 Å². The first-order valence-corrected chi connectivity index (χ1v) is 10.7. The summed E-state index contributed by atoms with van der Waals surface area (Å²) in [5, 5.41) is 5.60. The molecule has 1 aliphatic heterocycles. The van der Waals surface area contributed by atoms with E-state index < -0.39 is 0 Å². The SMILES string of the molecule is CCCC(=O)Nc1cccc(SC(CC)C(=O)Nc2ccc3c(c2)OCCO3)c1. The van der Waals surface area contributed by atoms with Crippen LogP contribution in [0.3, 0.4) is 0 Å². The van der Waals surface area contributed by atoms with Gasteiger partial charge in [-0.15, -0.1) is 11.8 Å². The molecule has 0 bridgehead atoms. The van der Waals surface area contributed by atoms with Crippen molar-refractivity contribution in [3.8, 4) is 11.5 Å². The van der Waals surface area contributed by atoms with Gasteiger partial charge in [-0.3, -0.25) is 9.59 Å². The Morgan fingerprint density at radius 3 is 2.52 bits per heavy atom. The molecule has 2 aromatic rings. The van der Waals surface area contributed by atoms with Crippen LogP contribution in [0.1, 0.15) is 33.1 Å². The molecule has 1 unspecified atom stereocenters. The molecule has 0 fully saturated rings. The molecule has 0 radical (unpaired) electrons. The Hall–Kier alpha value is -2.67. The molecule has 2 N–H and O–H groups in total. The Labute approximate surface area is 175 Å². The quantitative estimate of drug-likeness (QED) is 0.612. The number of ether oxygens (including phenoxy) is 2. The van der Waals surface area contributed by atoms with Crippen molar-refractivity contribution in [3.05, 3.63) is 42.5 Å². The molecule has 6 nitrogen and oxygen atoms in total. The fraction of sp³-hybridized carbons (Fsp3) is 0.364. The van der Waals surface area contributed by atoms with Crippen molar-refractivity contribution in [1.82, 2.24) is 0 Å². The second-order valence-corrected chi connectivity index (χ2v) is 7.96. The molecule has 0 aromatic heterocycles. The maximum Gasteiger partial charge on any atom is 0.237 e. The average Bonchev–Trinajstić information content (AvgIpc) is 2.72. The summed E-state index contributed by atoms with van der Waals surface area (Å²) >= 11 is 1.48. The van der Waals surface area contributed by atoms with Gasteiger partial charge in [0.25, 0.3) is 0 Å². The van der Waals surface area contributed by atoms with Crippen LogP contribution in [-0.2, 0) is 9.59 Å². The summed E-state index contributed by atoms with van der Waals surface area (Å²) in [6, 6.07) is 13.0. The van der Waals surface area contributed by atoms with Gasteiger partial charge in [-0.2, -0.15) is 0 Å². The van der Waals surface area contributed by atoms with Crippen molar-refractivity contribution in [1.29, 1.82) is 0 Å². The van der Waals surface area contributed by atoms with E-state index in [2.05, 4.69) is 10.6 Å². The van der Waals surface area contributed by atoms with Crippen LogP contribution < -0.4 is 20.1 Å². The molecule has 154 valence electrons. The topological polar surface area (TPSA) is 76.7 Å². The Balaban J connectivity index is 1.63. The molecular weight excluding hydrogens is 388 g/mol. The van der Waals surface area contributed by atoms with Crippen molar-refractivity contribution in [2.24, 2.45) is 0 Å². The first kappa shape index (κ1) is 21.0. The van der Waals surface area contributed by atoms with E-state index in [-0.39, 0.29) is 17.1 Å². The maximum absolute atomic E-state index is 12.8. The van der Waals surface area contributed by atoms with Crippen LogP contribution in [0, 0.1) is 0 Å². The van der Waals surface area contributed by atoms with Gasteiger partial charge in [0, 0.05) is 28.8 Å². The molecule has 0 saturated carbocycles. The number of carbonyl (C=O) groups excluding carboxylic acids is 2. The number of nitrogens with one attached hydrogen (secondary N) is 2. The third kappa shape index (κ3) is 5.90. The molecule has 29 heavy (non-hydrogen) atoms. The van der Waals surface area contributed by atoms with E-state index in [0.29, 0.717) is 43.2 Å². The highest BCUT2D eigenvalue weighted by Gasteiger charge is 2.20. The summed E-state index contributed by atoms with van der Waals surface area (Å²) < 4.78 is 11.1. The third-order valence-electron chi connectivity index (χ3n) is 4.35. The van der Waals surface area contributed by atoms with Crippen molar-refractivity contribution < 1.29 is 19.1 Å². The second-order valence-electron chi connectivity index (χ2n) is 6.69. The van der Waals surface area contributed by atoms with E-state index in [1.807, 2.05) is 44.2 Å². The fourth-order valence-electron chi connectivity index (χ4n) is 2.93. The van der Waals surface area contributed by atoms with Crippen LogP contribution >= 0.6 is 11.8 Å². The first-order chi connectivity index (χ1) is 14.1. The third-order valence-corrected chi connectivity index (χ3v) is 5.70. The molecule has 1 aliphatic rings. The van der Waals surface area contributed by atoms with Gasteiger partial charge in [0.2, 0.25) is 11.8 Å². The Morgan fingerprint density at radius 2 is 1.76 bits per heavy atom. The zero-order valence-electron chi connectivity index (χ0n) is 16.7. The minimum atomic E-state index is -0.259. The lowest BCUT2D eigenvalue weighted by molar-refractivity contribution is -0.116. The molecule has 1 heterocycles. The summed E-state index contributed by atoms with van der Waals surface area (Å²) in [5.41, 5.74) is 1.43. The number of anilines is 2. The molecular formula is C22H26N2O4S. The fourth-order valence-corrected chi connectivity index (χ4v) is 3.94. The Bertz CT molecular complexity index is 872. The number of hydrogen-bond acceptors (Lipinski definition) is 5. The molecule has 3 rings (SSSR count). The van der Waals surface area contributed by atoms with E-state index in [1.54, 1.807) is 12.1 Å². The van der Waals surface area contributed by atoms with Gasteiger partial charge in [-0.25, -0.2) is 0 Å². The van der Waals surface area contributed by atoms with Crippen LogP contribution in [0.15, 0.2) is 47.4 Å². The van der Waals surface area contributed by atoms with Crippen LogP contribution in [-0.4, -0.2) is 30.3 Å². The molecule has 2 amide bonds. The molecule has 0 saturated heterocycles. The van der Waals surface area contributed by atoms with Gasteiger partial charge in [0.15, 0.2) is 11.5 Å². The van der Waals surface area contributed by atoms with Gasteiger partial charge in [-0.1, -0.05) is 19.9 Å². The Kier molecular flexibility index (Phi) is 7.41. The van der Waals surface area contributed by atoms with Crippen LogP contribution in [0.5, 0.6) is 11.5 Å². The normalized spacial score (nSPS) is 13.4. The maximum atomic E-state index is 12.8. The first-order valence-electron chi connectivity index (χ1n) is 9.86. The van der Waals surface area contributed by atoms with E-state index in [9.17, 15) is 9.59 Å². The van der Waals surface area contributed by atoms with Crippen molar-refractivity contribution in [2.75, 3.05) is 23.8 Å². The highest BCUT2D eigenvalue weighted by molar-refractivity contribution is 8.00. The summed E-state index contributed by atoms with van der Waals surface area (Å²) in [4.78, 5) is 25.5. The Morgan fingerprint density at radius 1 is 1.00 bits per heavy atom. The minimum Gasteiger partial charge on any atom is -0.486 e. The monoisotopic (exact) mass is 414 g/mol. The summed E-state index contributed by atoms with van der Waals surface area (Å²) in [6.45, 7) is 4.99. The predicted octanol–water partition coefficient (Wildman–Crippen LogP) is 4.71. The van der Waals surface area contributed by atoms with Crippen molar-refractivity contribution >= 4 is 35.0 Å². The molecule has 0 spiro atoms. The van der Waals surface area contributed by atoms with Crippen molar-refractivity contribution in [3.63, 3.8) is 0 Å². The number of hydrogen-bond donors (Lipinski definition) is 2. The number of carbonyl (C=O) groups is 2. The van der Waals surface area contributed by atoms with E-state index in [4.69, 9.17) is 9.47 Å². The summed E-state index contributed by atoms with van der Waals surface area (Å²) in [7, 11) is 0. The smallest absolute Gasteiger partial charge is 0.237 e. The van der Waals surface area contributed by atoms with Crippen LogP contribution in [0.25, 0.3) is 0 Å². The minimum absolute atomic E-state index is 0.00181. The number of thioether (sulfide) groups is 1. The average molecular weight is 415 g/mol. The van der Waals surface area contributed by atoms with E-state index in [0.717, 1.165) is 17.0 Å². The lowest BCUT2D eigenvalue weighted by Crippen LogP contribution is -2.24. The number of amides is 2. The number of fused-ring (bicyclic) bond motifs is 1. The van der Waals surface area contributed by atoms with E-state index in [1.165, 1.54) is 11.8 Å². The predicted molar refractivity (Wildman–Crippen MR) is 116 cm³/mol. The van der Waals surface area contributed by atoms with Crippen molar-refractivity contribution in [2.45, 2.75) is 43.3 Å². The van der Waals surface area contributed by atoms with Crippen LogP contribution in [0.2, 0.25) is 0 Å². The largest absolute Gasteiger partial charge is 0.486 e. The molecule has 7 heteroatoms. The summed E-state index contributed by atoms with van der Waals surface area (Å²) in [6.07, 6.45) is 1.97. The molecule has 1 atom stereocenters. The lowest BCUT2D eigenvalue weighted by Gasteiger charge is -2.20. The summed E-state index contributed by atoms with van der Waals surface area (Å²) in [5.74, 6) is 1.26.